The standard InChI is InChI=1S/C16H34F2N/c1-5-7-9-10-11-12-14-19(3,4)16(18)15(17)13-8-6-2/h15-16H,5-14H2,1-4H3/q+1. The molecule has 0 N–H and O–H groups in total. The second kappa shape index (κ2) is 10.6. The molecule has 2 atom stereocenters. The molecule has 0 radical (unpaired) electrons. The van der Waals surface area contributed by atoms with Gasteiger partial charge in [-0.1, -0.05) is 52.4 Å². The lowest BCUT2D eigenvalue weighted by atomic mass is 10.1. The van der Waals surface area contributed by atoms with E-state index < -0.39 is 12.5 Å². The lowest BCUT2D eigenvalue weighted by Gasteiger charge is -2.34. The molecular formula is C16H34F2N+. The van der Waals surface area contributed by atoms with E-state index in [0.717, 1.165) is 32.2 Å². The normalized spacial score (nSPS) is 15.5. The van der Waals surface area contributed by atoms with Gasteiger partial charge in [0.15, 0.2) is 6.17 Å². The number of hydrogen-bond acceptors (Lipinski definition) is 0. The lowest BCUT2D eigenvalue weighted by molar-refractivity contribution is -0.932. The smallest absolute Gasteiger partial charge is 0.262 e. The summed E-state index contributed by atoms with van der Waals surface area (Å²) in [5, 5.41) is 0. The minimum atomic E-state index is -1.37. The molecule has 0 aromatic carbocycles. The van der Waals surface area contributed by atoms with Crippen molar-refractivity contribution in [1.29, 1.82) is 0 Å². The fraction of sp³-hybridized carbons (Fsp3) is 1.00. The summed E-state index contributed by atoms with van der Waals surface area (Å²) >= 11 is 0. The van der Waals surface area contributed by atoms with Crippen LogP contribution in [-0.2, 0) is 0 Å². The van der Waals surface area contributed by atoms with E-state index in [1.807, 2.05) is 21.0 Å². The average molecular weight is 278 g/mol. The SMILES string of the molecule is CCCCCCCC[N+](C)(C)C(F)C(F)CCCC. The highest BCUT2D eigenvalue weighted by Crippen LogP contribution is 2.21. The first-order chi connectivity index (χ1) is 8.95. The van der Waals surface area contributed by atoms with E-state index >= 15 is 0 Å². The van der Waals surface area contributed by atoms with Crippen LogP contribution in [0.25, 0.3) is 0 Å². The first-order valence-corrected chi connectivity index (χ1v) is 8.06. The predicted octanol–water partition coefficient (Wildman–Crippen LogP) is 5.25. The van der Waals surface area contributed by atoms with Gasteiger partial charge in [0.25, 0.3) is 6.30 Å². The molecule has 0 aliphatic heterocycles. The van der Waals surface area contributed by atoms with Gasteiger partial charge in [-0.2, -0.15) is 4.39 Å². The van der Waals surface area contributed by atoms with Gasteiger partial charge in [-0.15, -0.1) is 0 Å². The molecule has 1 nitrogen and oxygen atoms in total. The number of quaternary nitrogens is 1. The molecule has 2 unspecified atom stereocenters. The molecule has 0 rings (SSSR count). The van der Waals surface area contributed by atoms with Crippen molar-refractivity contribution in [3.05, 3.63) is 0 Å². The highest BCUT2D eigenvalue weighted by Gasteiger charge is 2.35. The van der Waals surface area contributed by atoms with E-state index in [9.17, 15) is 8.78 Å². The Morgan fingerprint density at radius 3 is 1.89 bits per heavy atom. The van der Waals surface area contributed by atoms with Gasteiger partial charge >= 0.3 is 0 Å². The number of halogens is 2. The van der Waals surface area contributed by atoms with Crippen LogP contribution in [0.3, 0.4) is 0 Å². The third kappa shape index (κ3) is 8.56. The Kier molecular flexibility index (Phi) is 10.5. The molecule has 0 aliphatic carbocycles. The molecule has 3 heteroatoms. The Labute approximate surface area is 119 Å². The molecule has 0 spiro atoms. The molecule has 0 saturated carbocycles. The second-order valence-electron chi connectivity index (χ2n) is 6.30. The van der Waals surface area contributed by atoms with E-state index in [4.69, 9.17) is 0 Å². The van der Waals surface area contributed by atoms with E-state index in [1.165, 1.54) is 25.7 Å². The molecular weight excluding hydrogens is 244 g/mol. The summed E-state index contributed by atoms with van der Waals surface area (Å²) in [5.41, 5.74) is 0. The van der Waals surface area contributed by atoms with Crippen LogP contribution in [-0.4, -0.2) is 37.6 Å². The molecule has 0 heterocycles. The summed E-state index contributed by atoms with van der Waals surface area (Å²) < 4.78 is 28.1. The first kappa shape index (κ1) is 18.8. The van der Waals surface area contributed by atoms with Gasteiger partial charge in [-0.25, -0.2) is 4.39 Å². The van der Waals surface area contributed by atoms with Crippen LogP contribution >= 0.6 is 0 Å². The van der Waals surface area contributed by atoms with Crippen LogP contribution in [0.5, 0.6) is 0 Å². The molecule has 19 heavy (non-hydrogen) atoms. The molecule has 0 aliphatic rings. The van der Waals surface area contributed by atoms with Gasteiger partial charge in [-0.05, 0) is 19.3 Å². The Hall–Kier alpha value is -0.180. The van der Waals surface area contributed by atoms with Crippen LogP contribution in [0.15, 0.2) is 0 Å². The first-order valence-electron chi connectivity index (χ1n) is 8.06. The van der Waals surface area contributed by atoms with Crippen LogP contribution in [0.1, 0.15) is 71.6 Å². The molecule has 0 aromatic rings. The largest absolute Gasteiger partial charge is 0.297 e. The van der Waals surface area contributed by atoms with E-state index in [2.05, 4.69) is 6.92 Å². The molecule has 0 bridgehead atoms. The number of nitrogens with zero attached hydrogens (tertiary/aromatic N) is 1. The van der Waals surface area contributed by atoms with Gasteiger partial charge in [0.05, 0.1) is 20.6 Å². The molecule has 0 amide bonds. The maximum Gasteiger partial charge on any atom is 0.262 e. The van der Waals surface area contributed by atoms with Gasteiger partial charge in [-0.3, -0.25) is 4.48 Å². The minimum Gasteiger partial charge on any atom is -0.297 e. The monoisotopic (exact) mass is 278 g/mol. The minimum absolute atomic E-state index is 0.165. The zero-order valence-corrected chi connectivity index (χ0v) is 13.4. The molecule has 0 aromatic heterocycles. The molecule has 116 valence electrons. The molecule has 0 fully saturated rings. The maximum atomic E-state index is 14.1. The molecule has 0 saturated heterocycles. The van der Waals surface area contributed by atoms with Crippen molar-refractivity contribution in [2.75, 3.05) is 20.6 Å². The predicted molar refractivity (Wildman–Crippen MR) is 79.7 cm³/mol. The van der Waals surface area contributed by atoms with Crippen molar-refractivity contribution in [1.82, 2.24) is 0 Å². The average Bonchev–Trinajstić information content (AvgIpc) is 2.39. The van der Waals surface area contributed by atoms with Crippen molar-refractivity contribution in [3.63, 3.8) is 0 Å². The van der Waals surface area contributed by atoms with E-state index in [1.54, 1.807) is 0 Å². The summed E-state index contributed by atoms with van der Waals surface area (Å²) in [6.45, 7) is 4.95. The third-order valence-electron chi connectivity index (χ3n) is 3.89. The van der Waals surface area contributed by atoms with Crippen molar-refractivity contribution < 1.29 is 13.3 Å². The van der Waals surface area contributed by atoms with Crippen LogP contribution in [0, 0.1) is 0 Å². The van der Waals surface area contributed by atoms with E-state index in [0.29, 0.717) is 6.42 Å². The van der Waals surface area contributed by atoms with Gasteiger partial charge in [0, 0.05) is 0 Å². The fourth-order valence-electron chi connectivity index (χ4n) is 2.40. The summed E-state index contributed by atoms with van der Waals surface area (Å²) in [7, 11) is 3.63. The number of hydrogen-bond donors (Lipinski definition) is 0. The zero-order chi connectivity index (χ0) is 14.7. The highest BCUT2D eigenvalue weighted by molar-refractivity contribution is 4.60. The van der Waals surface area contributed by atoms with Gasteiger partial charge < -0.3 is 0 Å². The number of alkyl halides is 2. The summed E-state index contributed by atoms with van der Waals surface area (Å²) in [6.07, 6.45) is 6.54. The van der Waals surface area contributed by atoms with Crippen LogP contribution in [0.4, 0.5) is 8.78 Å². The van der Waals surface area contributed by atoms with Crippen molar-refractivity contribution in [2.45, 2.75) is 84.1 Å². The van der Waals surface area contributed by atoms with Crippen LogP contribution in [0.2, 0.25) is 0 Å². The van der Waals surface area contributed by atoms with Crippen LogP contribution < -0.4 is 0 Å². The maximum absolute atomic E-state index is 14.1. The lowest BCUT2D eigenvalue weighted by Crippen LogP contribution is -2.51. The third-order valence-corrected chi connectivity index (χ3v) is 3.89. The van der Waals surface area contributed by atoms with Crippen molar-refractivity contribution in [2.24, 2.45) is 0 Å². The van der Waals surface area contributed by atoms with Crippen molar-refractivity contribution >= 4 is 0 Å². The Balaban J connectivity index is 3.87. The Morgan fingerprint density at radius 1 is 0.789 bits per heavy atom. The second-order valence-corrected chi connectivity index (χ2v) is 6.30. The number of unbranched alkanes of at least 4 members (excludes halogenated alkanes) is 6. The summed E-state index contributed by atoms with van der Waals surface area (Å²) in [5.74, 6) is 0. The quantitative estimate of drug-likeness (QED) is 0.260. The Morgan fingerprint density at radius 2 is 1.32 bits per heavy atom. The summed E-state index contributed by atoms with van der Waals surface area (Å²) in [4.78, 5) is 0. The van der Waals surface area contributed by atoms with Gasteiger partial charge in [0.1, 0.15) is 0 Å². The zero-order valence-electron chi connectivity index (χ0n) is 13.4. The highest BCUT2D eigenvalue weighted by atomic mass is 19.2. The Bertz CT molecular complexity index is 207. The summed E-state index contributed by atoms with van der Waals surface area (Å²) in [6, 6.07) is 0. The number of rotatable bonds is 12. The topological polar surface area (TPSA) is 0 Å². The fourth-order valence-corrected chi connectivity index (χ4v) is 2.40. The van der Waals surface area contributed by atoms with Crippen molar-refractivity contribution in [3.8, 4) is 0 Å². The van der Waals surface area contributed by atoms with Gasteiger partial charge in [0.2, 0.25) is 0 Å². The van der Waals surface area contributed by atoms with E-state index in [-0.39, 0.29) is 4.48 Å².